The van der Waals surface area contributed by atoms with Gasteiger partial charge in [0.1, 0.15) is 0 Å². The number of anilines is 1. The smallest absolute Gasteiger partial charge is 0.343 e. The van der Waals surface area contributed by atoms with Crippen molar-refractivity contribution >= 4 is 14.0 Å². The molecule has 0 saturated carbocycles. The van der Waals surface area contributed by atoms with Crippen molar-refractivity contribution in [1.29, 1.82) is 0 Å². The maximum Gasteiger partial charge on any atom is 0.343 e. The number of H-pyrrole nitrogens is 1. The molecule has 1 aromatic heterocycles. The van der Waals surface area contributed by atoms with Crippen molar-refractivity contribution in [1.82, 2.24) is 14.8 Å². The maximum absolute atomic E-state index is 11.7. The number of aromatic nitrogens is 3. The summed E-state index contributed by atoms with van der Waals surface area (Å²) in [7, 11) is 0.0807. The third kappa shape index (κ3) is 4.41. The van der Waals surface area contributed by atoms with Gasteiger partial charge in [-0.15, -0.1) is 0 Å². The highest BCUT2D eigenvalue weighted by atomic mass is 28.4. The summed E-state index contributed by atoms with van der Waals surface area (Å²) >= 11 is 0. The Bertz CT molecular complexity index is 866. The maximum atomic E-state index is 11.7. The van der Waals surface area contributed by atoms with Crippen LogP contribution in [0.1, 0.15) is 33.6 Å². The quantitative estimate of drug-likeness (QED) is 0.742. The molecule has 3 rings (SSSR count). The predicted octanol–water partition coefficient (Wildman–Crippen LogP) is 4.01. The van der Waals surface area contributed by atoms with E-state index in [0.29, 0.717) is 11.7 Å². The monoisotopic (exact) mass is 402 g/mol. The summed E-state index contributed by atoms with van der Waals surface area (Å²) in [4.78, 5) is 14.1. The van der Waals surface area contributed by atoms with Crippen LogP contribution < -0.4 is 10.6 Å². The SMILES string of the molecule is Cn1c(-c2cccc(N3CCC(CCO[Si](C)(C)C(C)(C)C)C3)c2)n[nH]c1=O. The van der Waals surface area contributed by atoms with Crippen molar-refractivity contribution in [2.75, 3.05) is 24.6 Å². The van der Waals surface area contributed by atoms with Gasteiger partial charge in [0, 0.05) is 38.0 Å². The molecule has 28 heavy (non-hydrogen) atoms. The first-order valence-corrected chi connectivity index (χ1v) is 13.1. The predicted molar refractivity (Wildman–Crippen MR) is 117 cm³/mol. The first-order valence-electron chi connectivity index (χ1n) is 10.2. The fraction of sp³-hybridized carbons (Fsp3) is 0.619. The van der Waals surface area contributed by atoms with Crippen LogP contribution in [0.25, 0.3) is 11.4 Å². The first kappa shape index (κ1) is 20.9. The standard InChI is InChI=1S/C21H34N4O2Si/c1-21(2,3)28(5,6)27-13-11-16-10-12-25(15-16)18-9-7-8-17(14-18)19-22-23-20(26)24(19)4/h7-9,14,16H,10-13,15H2,1-6H3,(H,23,26). The van der Waals surface area contributed by atoms with Crippen molar-refractivity contribution in [2.24, 2.45) is 13.0 Å². The molecule has 0 radical (unpaired) electrons. The van der Waals surface area contributed by atoms with E-state index in [2.05, 4.69) is 61.1 Å². The minimum Gasteiger partial charge on any atom is -0.417 e. The van der Waals surface area contributed by atoms with Crippen LogP contribution in [-0.4, -0.2) is 42.8 Å². The second-order valence-electron chi connectivity index (χ2n) is 9.46. The molecule has 1 aromatic carbocycles. The molecule has 0 aliphatic carbocycles. The van der Waals surface area contributed by atoms with Gasteiger partial charge in [-0.2, -0.15) is 5.10 Å². The zero-order chi connectivity index (χ0) is 20.5. The Labute approximate surface area is 169 Å². The van der Waals surface area contributed by atoms with Crippen LogP contribution in [0.3, 0.4) is 0 Å². The van der Waals surface area contributed by atoms with Gasteiger partial charge in [0.25, 0.3) is 0 Å². The van der Waals surface area contributed by atoms with E-state index in [1.165, 1.54) is 12.1 Å². The summed E-state index contributed by atoms with van der Waals surface area (Å²) in [5.74, 6) is 1.34. The van der Waals surface area contributed by atoms with Gasteiger partial charge in [-0.3, -0.25) is 4.57 Å². The Morgan fingerprint density at radius 2 is 2.07 bits per heavy atom. The van der Waals surface area contributed by atoms with Crippen LogP contribution in [0.15, 0.2) is 29.1 Å². The highest BCUT2D eigenvalue weighted by molar-refractivity contribution is 6.74. The van der Waals surface area contributed by atoms with Crippen molar-refractivity contribution < 1.29 is 4.43 Å². The number of nitrogens with zero attached hydrogens (tertiary/aromatic N) is 3. The van der Waals surface area contributed by atoms with Crippen LogP contribution in [-0.2, 0) is 11.5 Å². The van der Waals surface area contributed by atoms with Crippen molar-refractivity contribution in [3.8, 4) is 11.4 Å². The molecule has 6 nitrogen and oxygen atoms in total. The molecule has 1 fully saturated rings. The zero-order valence-electron chi connectivity index (χ0n) is 18.1. The normalized spacial score (nSPS) is 18.1. The average Bonchev–Trinajstić information content (AvgIpc) is 3.22. The molecule has 7 heteroatoms. The molecule has 1 saturated heterocycles. The number of hydrogen-bond acceptors (Lipinski definition) is 4. The molecular formula is C21H34N4O2Si. The van der Waals surface area contributed by atoms with Gasteiger partial charge in [-0.05, 0) is 49.0 Å². The highest BCUT2D eigenvalue weighted by Crippen LogP contribution is 2.37. The number of rotatable bonds is 6. The van der Waals surface area contributed by atoms with E-state index in [0.717, 1.165) is 31.7 Å². The van der Waals surface area contributed by atoms with E-state index < -0.39 is 8.32 Å². The summed E-state index contributed by atoms with van der Waals surface area (Å²) in [5, 5.41) is 6.92. The van der Waals surface area contributed by atoms with Crippen LogP contribution in [0, 0.1) is 5.92 Å². The minimum absolute atomic E-state index is 0.191. The van der Waals surface area contributed by atoms with Gasteiger partial charge in [0.05, 0.1) is 0 Å². The Morgan fingerprint density at radius 1 is 1.32 bits per heavy atom. The summed E-state index contributed by atoms with van der Waals surface area (Å²) in [6.45, 7) is 14.5. The van der Waals surface area contributed by atoms with Crippen molar-refractivity contribution in [3.05, 3.63) is 34.7 Å². The van der Waals surface area contributed by atoms with E-state index in [9.17, 15) is 4.79 Å². The molecule has 2 heterocycles. The molecule has 1 N–H and O–H groups in total. The number of benzene rings is 1. The third-order valence-electron chi connectivity index (χ3n) is 6.43. The Balaban J connectivity index is 1.59. The summed E-state index contributed by atoms with van der Waals surface area (Å²) < 4.78 is 7.91. The Hall–Kier alpha value is -1.86. The lowest BCUT2D eigenvalue weighted by atomic mass is 10.1. The van der Waals surface area contributed by atoms with E-state index in [-0.39, 0.29) is 10.7 Å². The van der Waals surface area contributed by atoms with E-state index in [4.69, 9.17) is 4.43 Å². The topological polar surface area (TPSA) is 63.1 Å². The number of aromatic amines is 1. The molecule has 154 valence electrons. The van der Waals surface area contributed by atoms with Gasteiger partial charge in [0.15, 0.2) is 14.1 Å². The lowest BCUT2D eigenvalue weighted by Gasteiger charge is -2.36. The molecular weight excluding hydrogens is 368 g/mol. The number of nitrogens with one attached hydrogen (secondary N) is 1. The molecule has 1 unspecified atom stereocenters. The lowest BCUT2D eigenvalue weighted by molar-refractivity contribution is 0.260. The van der Waals surface area contributed by atoms with E-state index >= 15 is 0 Å². The molecule has 0 spiro atoms. The van der Waals surface area contributed by atoms with Crippen LogP contribution in [0.2, 0.25) is 18.1 Å². The lowest BCUT2D eigenvalue weighted by Crippen LogP contribution is -2.41. The molecule has 2 aromatic rings. The second kappa shape index (κ2) is 7.87. The largest absolute Gasteiger partial charge is 0.417 e. The third-order valence-corrected chi connectivity index (χ3v) is 11.0. The Kier molecular flexibility index (Phi) is 5.86. The second-order valence-corrected chi connectivity index (χ2v) is 14.3. The minimum atomic E-state index is -1.66. The molecule has 1 aliphatic rings. The fourth-order valence-electron chi connectivity index (χ4n) is 3.45. The first-order chi connectivity index (χ1) is 13.1. The van der Waals surface area contributed by atoms with Gasteiger partial charge < -0.3 is 9.33 Å². The van der Waals surface area contributed by atoms with Crippen molar-refractivity contribution in [2.45, 2.75) is 51.7 Å². The van der Waals surface area contributed by atoms with Crippen LogP contribution in [0.4, 0.5) is 5.69 Å². The summed E-state index contributed by atoms with van der Waals surface area (Å²) in [6, 6.07) is 8.31. The molecule has 1 atom stereocenters. The number of hydrogen-bond donors (Lipinski definition) is 1. The van der Waals surface area contributed by atoms with E-state index in [1.807, 2.05) is 12.1 Å². The average molecular weight is 403 g/mol. The summed E-state index contributed by atoms with van der Waals surface area (Å²) in [5.41, 5.74) is 1.96. The Morgan fingerprint density at radius 3 is 2.71 bits per heavy atom. The fourth-order valence-corrected chi connectivity index (χ4v) is 4.51. The molecule has 1 aliphatic heterocycles. The van der Waals surface area contributed by atoms with Gasteiger partial charge in [0.2, 0.25) is 0 Å². The van der Waals surface area contributed by atoms with E-state index in [1.54, 1.807) is 11.6 Å². The zero-order valence-corrected chi connectivity index (χ0v) is 19.1. The summed E-state index contributed by atoms with van der Waals surface area (Å²) in [6.07, 6.45) is 2.32. The van der Waals surface area contributed by atoms with Crippen LogP contribution >= 0.6 is 0 Å². The molecule has 0 amide bonds. The van der Waals surface area contributed by atoms with Crippen molar-refractivity contribution in [3.63, 3.8) is 0 Å². The van der Waals surface area contributed by atoms with Gasteiger partial charge in [-0.1, -0.05) is 32.9 Å². The highest BCUT2D eigenvalue weighted by Gasteiger charge is 2.37. The van der Waals surface area contributed by atoms with Gasteiger partial charge >= 0.3 is 5.69 Å². The van der Waals surface area contributed by atoms with Crippen LogP contribution in [0.5, 0.6) is 0 Å². The van der Waals surface area contributed by atoms with Gasteiger partial charge in [-0.25, -0.2) is 9.89 Å². The molecule has 0 bridgehead atoms.